The predicted molar refractivity (Wildman–Crippen MR) is 117 cm³/mol. The van der Waals surface area contributed by atoms with E-state index in [1.807, 2.05) is 13.0 Å². The largest absolute Gasteiger partial charge is 0.444 e. The van der Waals surface area contributed by atoms with Crippen molar-refractivity contribution < 1.29 is 22.3 Å². The molecule has 1 saturated heterocycles. The molecule has 9 heteroatoms. The van der Waals surface area contributed by atoms with Crippen molar-refractivity contribution in [3.63, 3.8) is 0 Å². The van der Waals surface area contributed by atoms with Crippen molar-refractivity contribution in [2.75, 3.05) is 18.0 Å². The van der Waals surface area contributed by atoms with E-state index in [-0.39, 0.29) is 36.5 Å². The SMILES string of the molecule is Cc1cnc2ccc(S(=O)(=O)N3CCC(N4C(=O)OCc5cc(F)ccc54)CC3)cc2c1. The molecule has 2 aliphatic rings. The van der Waals surface area contributed by atoms with Crippen LogP contribution in [0.5, 0.6) is 0 Å². The van der Waals surface area contributed by atoms with Gasteiger partial charge in [0.2, 0.25) is 10.0 Å². The summed E-state index contributed by atoms with van der Waals surface area (Å²) in [7, 11) is -3.68. The first-order chi connectivity index (χ1) is 15.3. The summed E-state index contributed by atoms with van der Waals surface area (Å²) in [6, 6.07) is 10.9. The number of aryl methyl sites for hydroxylation is 1. The molecule has 3 heterocycles. The van der Waals surface area contributed by atoms with E-state index in [4.69, 9.17) is 4.74 Å². The van der Waals surface area contributed by atoms with Crippen LogP contribution in [0.25, 0.3) is 10.9 Å². The Labute approximate surface area is 185 Å². The van der Waals surface area contributed by atoms with E-state index < -0.39 is 16.1 Å². The minimum Gasteiger partial charge on any atom is -0.444 e. The average Bonchev–Trinajstić information content (AvgIpc) is 2.78. The number of fused-ring (bicyclic) bond motifs is 2. The molecule has 0 aliphatic carbocycles. The quantitative estimate of drug-likeness (QED) is 0.597. The summed E-state index contributed by atoms with van der Waals surface area (Å²) in [5.74, 6) is -0.386. The standard InChI is InChI=1S/C23H22FN3O4S/c1-15-10-16-12-20(3-4-21(16)25-13-15)32(29,30)26-8-6-19(7-9-26)27-22-5-2-18(24)11-17(22)14-31-23(27)28/h2-5,10-13,19H,6-9,14H2,1H3. The Morgan fingerprint density at radius 3 is 2.66 bits per heavy atom. The van der Waals surface area contributed by atoms with Gasteiger partial charge in [-0.15, -0.1) is 0 Å². The minimum atomic E-state index is -3.68. The monoisotopic (exact) mass is 455 g/mol. The van der Waals surface area contributed by atoms with Crippen molar-refractivity contribution in [2.45, 2.75) is 37.3 Å². The maximum atomic E-state index is 13.6. The van der Waals surface area contributed by atoms with Crippen molar-refractivity contribution >= 4 is 32.7 Å². The number of amides is 1. The van der Waals surface area contributed by atoms with Crippen LogP contribution in [0.4, 0.5) is 14.9 Å². The highest BCUT2D eigenvalue weighted by molar-refractivity contribution is 7.89. The van der Waals surface area contributed by atoms with Crippen LogP contribution in [0.3, 0.4) is 0 Å². The van der Waals surface area contributed by atoms with Gasteiger partial charge < -0.3 is 4.74 Å². The number of cyclic esters (lactones) is 1. The molecule has 0 unspecified atom stereocenters. The minimum absolute atomic E-state index is 0.0337. The summed E-state index contributed by atoms with van der Waals surface area (Å²) in [6.07, 6.45) is 2.18. The number of carbonyl (C=O) groups is 1. The van der Waals surface area contributed by atoms with Crippen LogP contribution < -0.4 is 4.90 Å². The van der Waals surface area contributed by atoms with Crippen LogP contribution in [-0.2, 0) is 21.4 Å². The fourth-order valence-corrected chi connectivity index (χ4v) is 5.93. The molecule has 32 heavy (non-hydrogen) atoms. The Hall–Kier alpha value is -3.04. The first-order valence-corrected chi connectivity index (χ1v) is 11.9. The molecule has 1 fully saturated rings. The summed E-state index contributed by atoms with van der Waals surface area (Å²) >= 11 is 0. The second kappa shape index (κ2) is 7.83. The van der Waals surface area contributed by atoms with Crippen molar-refractivity contribution in [2.24, 2.45) is 0 Å². The number of nitrogens with zero attached hydrogens (tertiary/aromatic N) is 3. The third-order valence-corrected chi connectivity index (χ3v) is 7.96. The lowest BCUT2D eigenvalue weighted by Crippen LogP contribution is -2.50. The smallest absolute Gasteiger partial charge is 0.414 e. The summed E-state index contributed by atoms with van der Waals surface area (Å²) in [6.45, 7) is 2.50. The van der Waals surface area contributed by atoms with Gasteiger partial charge in [-0.05, 0) is 67.8 Å². The van der Waals surface area contributed by atoms with Crippen molar-refractivity contribution in [3.05, 3.63) is 65.6 Å². The van der Waals surface area contributed by atoms with Gasteiger partial charge in [0.15, 0.2) is 0 Å². The van der Waals surface area contributed by atoms with E-state index in [0.717, 1.165) is 16.5 Å². The Morgan fingerprint density at radius 1 is 1.09 bits per heavy atom. The molecule has 0 N–H and O–H groups in total. The molecular weight excluding hydrogens is 433 g/mol. The molecule has 7 nitrogen and oxygen atoms in total. The molecule has 0 radical (unpaired) electrons. The summed E-state index contributed by atoms with van der Waals surface area (Å²) in [5.41, 5.74) is 2.94. The van der Waals surface area contributed by atoms with Crippen LogP contribution in [0.15, 0.2) is 53.6 Å². The van der Waals surface area contributed by atoms with Gasteiger partial charge in [0.1, 0.15) is 12.4 Å². The molecule has 0 atom stereocenters. The van der Waals surface area contributed by atoms with Crippen LogP contribution in [-0.4, -0.2) is 42.9 Å². The van der Waals surface area contributed by atoms with E-state index in [9.17, 15) is 17.6 Å². The van der Waals surface area contributed by atoms with Crippen LogP contribution in [0.2, 0.25) is 0 Å². The zero-order valence-electron chi connectivity index (χ0n) is 17.5. The number of rotatable bonds is 3. The van der Waals surface area contributed by atoms with Gasteiger partial charge in [-0.1, -0.05) is 0 Å². The molecule has 0 spiro atoms. The number of sulfonamides is 1. The van der Waals surface area contributed by atoms with Gasteiger partial charge in [-0.2, -0.15) is 4.31 Å². The highest BCUT2D eigenvalue weighted by atomic mass is 32.2. The van der Waals surface area contributed by atoms with Crippen LogP contribution in [0, 0.1) is 12.7 Å². The molecule has 5 rings (SSSR count). The molecule has 2 aliphatic heterocycles. The fourth-order valence-electron chi connectivity index (χ4n) is 4.43. The first kappa shape index (κ1) is 20.8. The number of piperidine rings is 1. The normalized spacial score (nSPS) is 17.9. The summed E-state index contributed by atoms with van der Waals surface area (Å²) in [4.78, 5) is 18.6. The first-order valence-electron chi connectivity index (χ1n) is 10.4. The average molecular weight is 456 g/mol. The van der Waals surface area contributed by atoms with Gasteiger partial charge in [0, 0.05) is 36.3 Å². The lowest BCUT2D eigenvalue weighted by atomic mass is 10.0. The number of hydrogen-bond acceptors (Lipinski definition) is 5. The molecule has 0 bridgehead atoms. The second-order valence-electron chi connectivity index (χ2n) is 8.20. The third kappa shape index (κ3) is 3.61. The lowest BCUT2D eigenvalue weighted by molar-refractivity contribution is 0.135. The zero-order chi connectivity index (χ0) is 22.5. The topological polar surface area (TPSA) is 79.8 Å². The molecule has 0 saturated carbocycles. The zero-order valence-corrected chi connectivity index (χ0v) is 18.3. The maximum Gasteiger partial charge on any atom is 0.414 e. The van der Waals surface area contributed by atoms with E-state index in [1.54, 1.807) is 30.5 Å². The van der Waals surface area contributed by atoms with Crippen molar-refractivity contribution in [1.82, 2.24) is 9.29 Å². The van der Waals surface area contributed by atoms with Gasteiger partial charge in [0.05, 0.1) is 16.1 Å². The number of aromatic nitrogens is 1. The van der Waals surface area contributed by atoms with Gasteiger partial charge in [0.25, 0.3) is 0 Å². The van der Waals surface area contributed by atoms with E-state index in [2.05, 4.69) is 4.98 Å². The number of anilines is 1. The predicted octanol–water partition coefficient (Wildman–Crippen LogP) is 3.99. The molecule has 166 valence electrons. The Bertz CT molecular complexity index is 1320. The lowest BCUT2D eigenvalue weighted by Gasteiger charge is -2.39. The number of ether oxygens (including phenoxy) is 1. The second-order valence-corrected chi connectivity index (χ2v) is 10.1. The highest BCUT2D eigenvalue weighted by Gasteiger charge is 2.37. The number of hydrogen-bond donors (Lipinski definition) is 0. The number of halogens is 1. The molecular formula is C23H22FN3O4S. The molecule has 1 amide bonds. The van der Waals surface area contributed by atoms with Crippen molar-refractivity contribution in [1.29, 1.82) is 0 Å². The van der Waals surface area contributed by atoms with Gasteiger partial charge >= 0.3 is 6.09 Å². The van der Waals surface area contributed by atoms with Crippen LogP contribution >= 0.6 is 0 Å². The third-order valence-electron chi connectivity index (χ3n) is 6.06. The molecule has 2 aromatic carbocycles. The van der Waals surface area contributed by atoms with E-state index in [0.29, 0.717) is 24.1 Å². The van der Waals surface area contributed by atoms with Crippen LogP contribution in [0.1, 0.15) is 24.0 Å². The fraction of sp³-hybridized carbons (Fsp3) is 0.304. The summed E-state index contributed by atoms with van der Waals surface area (Å²) < 4.78 is 46.8. The Morgan fingerprint density at radius 2 is 1.88 bits per heavy atom. The van der Waals surface area contributed by atoms with E-state index in [1.165, 1.54) is 21.3 Å². The number of carbonyl (C=O) groups excluding carboxylic acids is 1. The number of pyridine rings is 1. The maximum absolute atomic E-state index is 13.6. The Balaban J connectivity index is 1.36. The molecule has 1 aromatic heterocycles. The van der Waals surface area contributed by atoms with Crippen molar-refractivity contribution in [3.8, 4) is 0 Å². The van der Waals surface area contributed by atoms with Gasteiger partial charge in [-0.25, -0.2) is 17.6 Å². The van der Waals surface area contributed by atoms with Gasteiger partial charge in [-0.3, -0.25) is 9.88 Å². The Kier molecular flexibility index (Phi) is 5.10. The highest BCUT2D eigenvalue weighted by Crippen LogP contribution is 2.33. The molecule has 3 aromatic rings. The number of benzene rings is 2. The summed E-state index contributed by atoms with van der Waals surface area (Å²) in [5, 5.41) is 0.779. The van der Waals surface area contributed by atoms with E-state index >= 15 is 0 Å².